The van der Waals surface area contributed by atoms with E-state index >= 15 is 0 Å². The van der Waals surface area contributed by atoms with Gasteiger partial charge in [0.15, 0.2) is 0 Å². The second-order valence-corrected chi connectivity index (χ2v) is 4.47. The third kappa shape index (κ3) is 4.03. The van der Waals surface area contributed by atoms with Crippen LogP contribution in [0.4, 0.5) is 5.69 Å². The summed E-state index contributed by atoms with van der Waals surface area (Å²) in [6.07, 6.45) is 0. The quantitative estimate of drug-likeness (QED) is 0.913. The summed E-state index contributed by atoms with van der Waals surface area (Å²) in [5.74, 6) is 0. The lowest BCUT2D eigenvalue weighted by atomic mass is 10.2. The van der Waals surface area contributed by atoms with Gasteiger partial charge in [0.1, 0.15) is 0 Å². The predicted molar refractivity (Wildman–Crippen MR) is 74.4 cm³/mol. The number of β-amino-alcohol motifs (C(OH)–C–C–N with tert-alkyl or cyclic N) is 1. The average molecular weight is 277 g/mol. The van der Waals surface area contributed by atoms with Crippen LogP contribution in [0.25, 0.3) is 0 Å². The molecule has 1 heterocycles. The number of piperazine rings is 1. The second kappa shape index (κ2) is 7.07. The van der Waals surface area contributed by atoms with E-state index in [1.165, 1.54) is 5.69 Å². The van der Waals surface area contributed by atoms with Crippen molar-refractivity contribution >= 4 is 29.7 Å². The first-order valence-corrected chi connectivity index (χ1v) is 6.01. The molecule has 0 spiro atoms. The molecule has 0 radical (unpaired) electrons. The molecular weight excluding hydrogens is 259 g/mol. The van der Waals surface area contributed by atoms with Crippen LogP contribution in [0.3, 0.4) is 0 Å². The monoisotopic (exact) mass is 276 g/mol. The summed E-state index contributed by atoms with van der Waals surface area (Å²) in [5.41, 5.74) is 1.19. The number of hydrogen-bond donors (Lipinski definition) is 1. The zero-order valence-electron chi connectivity index (χ0n) is 9.68. The van der Waals surface area contributed by atoms with Crippen molar-refractivity contribution in [2.75, 3.05) is 44.2 Å². The number of aliphatic hydroxyl groups is 1. The maximum atomic E-state index is 8.87. The molecule has 1 fully saturated rings. The Kier molecular flexibility index (Phi) is 6.06. The topological polar surface area (TPSA) is 26.7 Å². The first kappa shape index (κ1) is 14.6. The molecule has 0 aliphatic carbocycles. The maximum absolute atomic E-state index is 8.87. The fraction of sp³-hybridized carbons (Fsp3) is 0.500. The molecule has 0 amide bonds. The van der Waals surface area contributed by atoms with Crippen molar-refractivity contribution in [3.05, 3.63) is 29.3 Å². The summed E-state index contributed by atoms with van der Waals surface area (Å²) in [6.45, 7) is 5.04. The minimum absolute atomic E-state index is 0. The molecule has 0 aromatic heterocycles. The number of anilines is 1. The molecule has 0 bridgehead atoms. The van der Waals surface area contributed by atoms with Crippen LogP contribution in [0.2, 0.25) is 5.02 Å². The Bertz CT molecular complexity index is 341. The van der Waals surface area contributed by atoms with Gasteiger partial charge in [-0.3, -0.25) is 4.90 Å². The van der Waals surface area contributed by atoms with E-state index in [1.807, 2.05) is 18.2 Å². The van der Waals surface area contributed by atoms with Crippen molar-refractivity contribution in [1.82, 2.24) is 4.90 Å². The van der Waals surface area contributed by atoms with Crippen LogP contribution in [0.1, 0.15) is 0 Å². The van der Waals surface area contributed by atoms with Crippen molar-refractivity contribution in [3.63, 3.8) is 0 Å². The number of nitrogens with zero attached hydrogens (tertiary/aromatic N) is 2. The Balaban J connectivity index is 0.00000144. The summed E-state index contributed by atoms with van der Waals surface area (Å²) < 4.78 is 0. The molecule has 3 nitrogen and oxygen atoms in total. The van der Waals surface area contributed by atoms with Crippen LogP contribution in [-0.2, 0) is 0 Å². The highest BCUT2D eigenvalue weighted by atomic mass is 35.5. The first-order valence-electron chi connectivity index (χ1n) is 5.63. The maximum Gasteiger partial charge on any atom is 0.0558 e. The van der Waals surface area contributed by atoms with Gasteiger partial charge >= 0.3 is 0 Å². The van der Waals surface area contributed by atoms with Crippen molar-refractivity contribution in [2.45, 2.75) is 0 Å². The molecule has 0 saturated carbocycles. The molecule has 96 valence electrons. The van der Waals surface area contributed by atoms with Crippen LogP contribution in [0.15, 0.2) is 24.3 Å². The Hall–Kier alpha value is -0.480. The lowest BCUT2D eigenvalue weighted by Crippen LogP contribution is -2.47. The van der Waals surface area contributed by atoms with Crippen LogP contribution in [-0.4, -0.2) is 49.3 Å². The van der Waals surface area contributed by atoms with Gasteiger partial charge in [0.2, 0.25) is 0 Å². The van der Waals surface area contributed by atoms with E-state index in [4.69, 9.17) is 16.7 Å². The third-order valence-electron chi connectivity index (χ3n) is 2.96. The van der Waals surface area contributed by atoms with E-state index in [0.717, 1.165) is 37.7 Å². The van der Waals surface area contributed by atoms with E-state index in [-0.39, 0.29) is 19.0 Å². The van der Waals surface area contributed by atoms with E-state index < -0.39 is 0 Å². The fourth-order valence-corrected chi connectivity index (χ4v) is 2.23. The second-order valence-electron chi connectivity index (χ2n) is 4.03. The molecule has 5 heteroatoms. The van der Waals surface area contributed by atoms with Gasteiger partial charge in [-0.1, -0.05) is 17.7 Å². The molecule has 1 aliphatic rings. The lowest BCUT2D eigenvalue weighted by Gasteiger charge is -2.35. The molecule has 2 rings (SSSR count). The third-order valence-corrected chi connectivity index (χ3v) is 3.20. The van der Waals surface area contributed by atoms with E-state index in [1.54, 1.807) is 0 Å². The van der Waals surface area contributed by atoms with Gasteiger partial charge in [0, 0.05) is 43.4 Å². The Morgan fingerprint density at radius 1 is 1.18 bits per heavy atom. The van der Waals surface area contributed by atoms with E-state index in [0.29, 0.717) is 0 Å². The van der Waals surface area contributed by atoms with Crippen molar-refractivity contribution in [2.24, 2.45) is 0 Å². The smallest absolute Gasteiger partial charge is 0.0558 e. The lowest BCUT2D eigenvalue weighted by molar-refractivity contribution is 0.189. The van der Waals surface area contributed by atoms with E-state index in [2.05, 4.69) is 15.9 Å². The standard InChI is InChI=1S/C12H17ClN2O.ClH/c13-11-2-1-3-12(10-11)15-6-4-14(5-7-15)8-9-16;/h1-3,10,16H,4-9H2;1H. The molecule has 1 aromatic rings. The van der Waals surface area contributed by atoms with Gasteiger partial charge < -0.3 is 10.0 Å². The zero-order chi connectivity index (χ0) is 11.4. The van der Waals surface area contributed by atoms with Crippen LogP contribution < -0.4 is 4.90 Å². The Morgan fingerprint density at radius 2 is 1.88 bits per heavy atom. The van der Waals surface area contributed by atoms with Crippen LogP contribution in [0.5, 0.6) is 0 Å². The van der Waals surface area contributed by atoms with Crippen LogP contribution >= 0.6 is 24.0 Å². The number of aliphatic hydroxyl groups excluding tert-OH is 1. The SMILES string of the molecule is Cl.OCCN1CCN(c2cccc(Cl)c2)CC1. The number of hydrogen-bond acceptors (Lipinski definition) is 3. The highest BCUT2D eigenvalue weighted by molar-refractivity contribution is 6.30. The molecule has 1 saturated heterocycles. The van der Waals surface area contributed by atoms with Gasteiger partial charge in [0.05, 0.1) is 6.61 Å². The molecule has 1 aliphatic heterocycles. The molecule has 1 N–H and O–H groups in total. The highest BCUT2D eigenvalue weighted by Gasteiger charge is 2.16. The van der Waals surface area contributed by atoms with Gasteiger partial charge in [-0.15, -0.1) is 12.4 Å². The van der Waals surface area contributed by atoms with E-state index in [9.17, 15) is 0 Å². The zero-order valence-corrected chi connectivity index (χ0v) is 11.3. The summed E-state index contributed by atoms with van der Waals surface area (Å²) in [7, 11) is 0. The molecule has 1 aromatic carbocycles. The highest BCUT2D eigenvalue weighted by Crippen LogP contribution is 2.20. The molecule has 0 atom stereocenters. The predicted octanol–water partition coefficient (Wildman–Crippen LogP) is 1.88. The summed E-state index contributed by atoms with van der Waals surface area (Å²) in [4.78, 5) is 4.61. The van der Waals surface area contributed by atoms with Crippen molar-refractivity contribution in [1.29, 1.82) is 0 Å². The largest absolute Gasteiger partial charge is 0.395 e. The molecule has 0 unspecified atom stereocenters. The van der Waals surface area contributed by atoms with Gasteiger partial charge in [0.25, 0.3) is 0 Å². The molecule has 17 heavy (non-hydrogen) atoms. The van der Waals surface area contributed by atoms with Crippen LogP contribution in [0, 0.1) is 0 Å². The number of benzene rings is 1. The van der Waals surface area contributed by atoms with Crippen molar-refractivity contribution in [3.8, 4) is 0 Å². The summed E-state index contributed by atoms with van der Waals surface area (Å²) >= 11 is 5.97. The Labute approximate surface area is 113 Å². The summed E-state index contributed by atoms with van der Waals surface area (Å²) in [5, 5.41) is 9.65. The van der Waals surface area contributed by atoms with Crippen molar-refractivity contribution < 1.29 is 5.11 Å². The average Bonchev–Trinajstić information content (AvgIpc) is 2.30. The first-order chi connectivity index (χ1) is 7.79. The van der Waals surface area contributed by atoms with Gasteiger partial charge in [-0.2, -0.15) is 0 Å². The minimum Gasteiger partial charge on any atom is -0.395 e. The Morgan fingerprint density at radius 3 is 2.47 bits per heavy atom. The fourth-order valence-electron chi connectivity index (χ4n) is 2.04. The van der Waals surface area contributed by atoms with Gasteiger partial charge in [-0.05, 0) is 18.2 Å². The minimum atomic E-state index is 0. The summed E-state index contributed by atoms with van der Waals surface area (Å²) in [6, 6.07) is 7.97. The van der Waals surface area contributed by atoms with Gasteiger partial charge in [-0.25, -0.2) is 0 Å². The number of rotatable bonds is 3. The molecular formula is C12H18Cl2N2O. The number of halogens is 2. The normalized spacial score (nSPS) is 16.7.